The van der Waals surface area contributed by atoms with Gasteiger partial charge >= 0.3 is 0 Å². The van der Waals surface area contributed by atoms with Crippen LogP contribution in [0.15, 0.2) is 0 Å². The molecule has 0 spiro atoms. The zero-order valence-corrected chi connectivity index (χ0v) is 18.1. The molecular formula is C19H35N5O6. The van der Waals surface area contributed by atoms with Crippen molar-refractivity contribution in [3.63, 3.8) is 0 Å². The molecule has 0 rings (SSSR count). The van der Waals surface area contributed by atoms with E-state index in [0.29, 0.717) is 25.8 Å². The summed E-state index contributed by atoms with van der Waals surface area (Å²) in [4.78, 5) is 58.9. The van der Waals surface area contributed by atoms with Crippen molar-refractivity contribution in [1.29, 1.82) is 0 Å². The molecule has 0 aromatic heterocycles. The predicted molar refractivity (Wildman–Crippen MR) is 110 cm³/mol. The van der Waals surface area contributed by atoms with E-state index in [4.69, 9.17) is 5.73 Å². The third kappa shape index (κ3) is 12.0. The largest absolute Gasteiger partial charge is 0.394 e. The lowest BCUT2D eigenvalue weighted by atomic mass is 10.0. The first-order valence-electron chi connectivity index (χ1n) is 10.00. The van der Waals surface area contributed by atoms with Gasteiger partial charge in [-0.15, -0.1) is 0 Å². The van der Waals surface area contributed by atoms with Crippen LogP contribution in [-0.2, 0) is 24.0 Å². The number of nitrogens with two attached hydrogens (primary N) is 1. The Bertz CT molecular complexity index is 610. The van der Waals surface area contributed by atoms with Crippen LogP contribution in [0.3, 0.4) is 0 Å². The zero-order valence-electron chi connectivity index (χ0n) is 18.1. The summed E-state index contributed by atoms with van der Waals surface area (Å²) in [6.45, 7) is 6.13. The first-order valence-corrected chi connectivity index (χ1v) is 10.00. The van der Waals surface area contributed by atoms with Crippen molar-refractivity contribution in [2.45, 2.75) is 71.5 Å². The molecule has 0 bridgehead atoms. The number of hydrogen-bond donors (Lipinski definition) is 6. The van der Waals surface area contributed by atoms with E-state index in [2.05, 4.69) is 21.3 Å². The molecule has 7 N–H and O–H groups in total. The molecule has 0 aromatic rings. The Kier molecular flexibility index (Phi) is 13.0. The topological polar surface area (TPSA) is 180 Å². The van der Waals surface area contributed by atoms with Crippen LogP contribution in [0, 0.1) is 5.92 Å². The Morgan fingerprint density at radius 1 is 0.833 bits per heavy atom. The van der Waals surface area contributed by atoms with Crippen molar-refractivity contribution in [3.05, 3.63) is 0 Å². The minimum absolute atomic E-state index is 0.104. The molecule has 0 aromatic carbocycles. The van der Waals surface area contributed by atoms with Crippen molar-refractivity contribution in [2.24, 2.45) is 11.7 Å². The van der Waals surface area contributed by atoms with E-state index in [1.807, 2.05) is 13.8 Å². The maximum Gasteiger partial charge on any atom is 0.245 e. The molecule has 3 atom stereocenters. The van der Waals surface area contributed by atoms with Gasteiger partial charge in [-0.2, -0.15) is 0 Å². The van der Waals surface area contributed by atoms with Crippen LogP contribution in [0.5, 0.6) is 0 Å². The molecule has 0 aliphatic carbocycles. The van der Waals surface area contributed by atoms with Crippen LogP contribution < -0.4 is 27.0 Å². The minimum Gasteiger partial charge on any atom is -0.394 e. The summed E-state index contributed by atoms with van der Waals surface area (Å²) in [5.74, 6) is -2.57. The average Bonchev–Trinajstić information content (AvgIpc) is 2.63. The van der Waals surface area contributed by atoms with Crippen LogP contribution in [0.4, 0.5) is 0 Å². The number of unbranched alkanes of at least 4 members (excludes halogenated alkanes) is 1. The summed E-state index contributed by atoms with van der Waals surface area (Å²) in [5.41, 5.74) is 5.37. The number of aliphatic hydroxyl groups excluding tert-OH is 1. The Morgan fingerprint density at radius 2 is 1.40 bits per heavy atom. The number of rotatable bonds is 14. The molecule has 0 radical (unpaired) electrons. The highest BCUT2D eigenvalue weighted by Gasteiger charge is 2.28. The number of carbonyl (C=O) groups is 5. The average molecular weight is 430 g/mol. The van der Waals surface area contributed by atoms with Crippen molar-refractivity contribution in [1.82, 2.24) is 21.3 Å². The molecule has 0 saturated heterocycles. The molecule has 0 saturated carbocycles. The van der Waals surface area contributed by atoms with Crippen molar-refractivity contribution >= 4 is 29.5 Å². The number of nitrogens with one attached hydrogen (secondary N) is 4. The summed E-state index contributed by atoms with van der Waals surface area (Å²) in [5, 5.41) is 19.3. The SMILES string of the molecule is CC(=O)NCCCC[C@@H](NC(=O)[C@@H](CO)NC(C)=O)C(=O)N[C@H](CC(C)C)C(N)=O. The first kappa shape index (κ1) is 27.3. The molecule has 172 valence electrons. The first-order chi connectivity index (χ1) is 14.0. The number of aliphatic hydroxyl groups is 1. The Labute approximate surface area is 176 Å². The second-order valence-electron chi connectivity index (χ2n) is 7.57. The van der Waals surface area contributed by atoms with Gasteiger partial charge in [0.1, 0.15) is 18.1 Å². The molecular weight excluding hydrogens is 394 g/mol. The van der Waals surface area contributed by atoms with Gasteiger partial charge in [0, 0.05) is 20.4 Å². The Hall–Kier alpha value is -2.69. The van der Waals surface area contributed by atoms with Gasteiger partial charge in [-0.1, -0.05) is 13.8 Å². The van der Waals surface area contributed by atoms with Gasteiger partial charge in [0.25, 0.3) is 0 Å². The molecule has 5 amide bonds. The lowest BCUT2D eigenvalue weighted by Gasteiger charge is -2.24. The fraction of sp³-hybridized carbons (Fsp3) is 0.737. The minimum atomic E-state index is -1.21. The molecule has 0 fully saturated rings. The number of primary amides is 1. The maximum absolute atomic E-state index is 12.7. The second-order valence-corrected chi connectivity index (χ2v) is 7.57. The smallest absolute Gasteiger partial charge is 0.245 e. The van der Waals surface area contributed by atoms with E-state index < -0.39 is 48.4 Å². The molecule has 11 heteroatoms. The quantitative estimate of drug-likeness (QED) is 0.179. The molecule has 11 nitrogen and oxygen atoms in total. The normalized spacial score (nSPS) is 13.7. The van der Waals surface area contributed by atoms with Crippen LogP contribution in [-0.4, -0.2) is 65.9 Å². The predicted octanol–water partition coefficient (Wildman–Crippen LogP) is -1.71. The summed E-state index contributed by atoms with van der Waals surface area (Å²) in [6, 6.07) is -3.10. The zero-order chi connectivity index (χ0) is 23.3. The van der Waals surface area contributed by atoms with Crippen LogP contribution in [0.1, 0.15) is 53.4 Å². The second kappa shape index (κ2) is 14.3. The standard InChI is InChI=1S/C19H35N5O6/c1-11(2)9-15(17(20)28)24-18(29)14(7-5-6-8-21-12(3)26)23-19(30)16(10-25)22-13(4)27/h11,14-16,25H,5-10H2,1-4H3,(H2,20,28)(H,21,26)(H,22,27)(H,23,30)(H,24,29)/t14-,15-,16-/m1/s1. The van der Waals surface area contributed by atoms with Gasteiger partial charge in [0.05, 0.1) is 6.61 Å². The summed E-state index contributed by atoms with van der Waals surface area (Å²) < 4.78 is 0. The van der Waals surface area contributed by atoms with E-state index in [1.54, 1.807) is 0 Å². The van der Waals surface area contributed by atoms with E-state index >= 15 is 0 Å². The van der Waals surface area contributed by atoms with Crippen LogP contribution in [0.2, 0.25) is 0 Å². The number of carbonyl (C=O) groups excluding carboxylic acids is 5. The van der Waals surface area contributed by atoms with E-state index in [-0.39, 0.29) is 18.2 Å². The maximum atomic E-state index is 12.7. The van der Waals surface area contributed by atoms with Crippen molar-refractivity contribution in [2.75, 3.05) is 13.2 Å². The lowest BCUT2D eigenvalue weighted by Crippen LogP contribution is -2.57. The molecule has 0 heterocycles. The summed E-state index contributed by atoms with van der Waals surface area (Å²) in [7, 11) is 0. The highest BCUT2D eigenvalue weighted by Crippen LogP contribution is 2.07. The number of amides is 5. The van der Waals surface area contributed by atoms with Gasteiger partial charge in [-0.3, -0.25) is 24.0 Å². The molecule has 30 heavy (non-hydrogen) atoms. The molecule has 0 unspecified atom stereocenters. The number of hydrogen-bond acceptors (Lipinski definition) is 6. The van der Waals surface area contributed by atoms with Gasteiger partial charge < -0.3 is 32.1 Å². The lowest BCUT2D eigenvalue weighted by molar-refractivity contribution is -0.133. The third-order valence-electron chi connectivity index (χ3n) is 4.17. The highest BCUT2D eigenvalue weighted by molar-refractivity contribution is 5.93. The molecule has 0 aliphatic rings. The van der Waals surface area contributed by atoms with Crippen LogP contribution >= 0.6 is 0 Å². The van der Waals surface area contributed by atoms with Gasteiger partial charge in [0.2, 0.25) is 29.5 Å². The summed E-state index contributed by atoms with van der Waals surface area (Å²) >= 11 is 0. The summed E-state index contributed by atoms with van der Waals surface area (Å²) in [6.07, 6.45) is 1.63. The highest BCUT2D eigenvalue weighted by atomic mass is 16.3. The Morgan fingerprint density at radius 3 is 1.87 bits per heavy atom. The third-order valence-corrected chi connectivity index (χ3v) is 4.17. The monoisotopic (exact) mass is 429 g/mol. The molecule has 0 aliphatic heterocycles. The van der Waals surface area contributed by atoms with E-state index in [0.717, 1.165) is 0 Å². The van der Waals surface area contributed by atoms with Crippen LogP contribution in [0.25, 0.3) is 0 Å². The Balaban J connectivity index is 5.16. The van der Waals surface area contributed by atoms with Crippen molar-refractivity contribution in [3.8, 4) is 0 Å². The van der Waals surface area contributed by atoms with Gasteiger partial charge in [-0.05, 0) is 31.6 Å². The van der Waals surface area contributed by atoms with Gasteiger partial charge in [-0.25, -0.2) is 0 Å². The van der Waals surface area contributed by atoms with E-state index in [9.17, 15) is 29.1 Å². The fourth-order valence-electron chi connectivity index (χ4n) is 2.71. The van der Waals surface area contributed by atoms with Gasteiger partial charge in [0.15, 0.2) is 0 Å². The van der Waals surface area contributed by atoms with Crippen molar-refractivity contribution < 1.29 is 29.1 Å². The fourth-order valence-corrected chi connectivity index (χ4v) is 2.71. The van der Waals surface area contributed by atoms with E-state index in [1.165, 1.54) is 13.8 Å².